The number of imidazole rings is 1. The minimum atomic E-state index is -0.273. The number of hydrogen-bond donors (Lipinski definition) is 0. The molecule has 3 heterocycles. The Morgan fingerprint density at radius 2 is 2.00 bits per heavy atom. The molecule has 0 radical (unpaired) electrons. The van der Waals surface area contributed by atoms with E-state index in [2.05, 4.69) is 15.0 Å². The van der Waals surface area contributed by atoms with Gasteiger partial charge in [0.15, 0.2) is 5.79 Å². The Balaban J connectivity index is 0.00000205. The topological polar surface area (TPSA) is 67.6 Å². The van der Waals surface area contributed by atoms with E-state index in [1.54, 1.807) is 18.0 Å². The van der Waals surface area contributed by atoms with Crippen LogP contribution in [0.2, 0.25) is 0 Å². The fourth-order valence-corrected chi connectivity index (χ4v) is 4.17. The van der Waals surface area contributed by atoms with E-state index in [4.69, 9.17) is 14.2 Å². The molecule has 0 atom stereocenters. The fourth-order valence-electron chi connectivity index (χ4n) is 3.41. The molecule has 0 amide bonds. The number of nitrogens with zero attached hydrogens (tertiary/aromatic N) is 3. The SMILES string of the molecule is [Na+].c1ccc2[n-]c(SCc3cc(OCC4COC5(CCC5)OC4)ccn3)nc2c1. The van der Waals surface area contributed by atoms with E-state index in [9.17, 15) is 0 Å². The van der Waals surface area contributed by atoms with Crippen LogP contribution in [0.4, 0.5) is 0 Å². The Morgan fingerprint density at radius 1 is 1.17 bits per heavy atom. The molecule has 146 valence electrons. The third-order valence-corrected chi connectivity index (χ3v) is 6.10. The van der Waals surface area contributed by atoms with E-state index in [0.717, 1.165) is 40.5 Å². The number of pyridine rings is 1. The van der Waals surface area contributed by atoms with Crippen LogP contribution in [-0.2, 0) is 15.2 Å². The van der Waals surface area contributed by atoms with Crippen LogP contribution in [0.25, 0.3) is 11.0 Å². The molecule has 2 aromatic heterocycles. The summed E-state index contributed by atoms with van der Waals surface area (Å²) < 4.78 is 17.8. The van der Waals surface area contributed by atoms with Gasteiger partial charge in [-0.2, -0.15) is 0 Å². The van der Waals surface area contributed by atoms with Crippen molar-refractivity contribution in [1.82, 2.24) is 15.0 Å². The Kier molecular flexibility index (Phi) is 6.83. The number of para-hydroxylation sites is 2. The van der Waals surface area contributed by atoms with E-state index in [0.29, 0.717) is 25.6 Å². The summed E-state index contributed by atoms with van der Waals surface area (Å²) in [6.07, 6.45) is 5.03. The second-order valence-corrected chi connectivity index (χ2v) is 8.27. The molecule has 1 aromatic carbocycles. The Labute approximate surface area is 196 Å². The molecular weight excluding hydrogens is 397 g/mol. The van der Waals surface area contributed by atoms with Gasteiger partial charge in [0.2, 0.25) is 0 Å². The third kappa shape index (κ3) is 4.98. The number of thioether (sulfide) groups is 1. The summed E-state index contributed by atoms with van der Waals surface area (Å²) in [6, 6.07) is 11.8. The number of ether oxygens (including phenoxy) is 3. The number of fused-ring (bicyclic) bond motifs is 1. The molecule has 0 bridgehead atoms. The van der Waals surface area contributed by atoms with Crippen LogP contribution in [0.5, 0.6) is 5.75 Å². The first kappa shape index (κ1) is 21.2. The van der Waals surface area contributed by atoms with Gasteiger partial charge in [0.05, 0.1) is 25.5 Å². The van der Waals surface area contributed by atoms with Gasteiger partial charge in [0.1, 0.15) is 5.75 Å². The van der Waals surface area contributed by atoms with E-state index < -0.39 is 0 Å². The van der Waals surface area contributed by atoms with Crippen LogP contribution in [-0.4, -0.2) is 35.6 Å². The number of hydrogen-bond acceptors (Lipinski definition) is 6. The van der Waals surface area contributed by atoms with Crippen LogP contribution in [0.15, 0.2) is 47.8 Å². The van der Waals surface area contributed by atoms with Gasteiger partial charge in [-0.3, -0.25) is 4.98 Å². The quantitative estimate of drug-likeness (QED) is 0.433. The Morgan fingerprint density at radius 3 is 2.76 bits per heavy atom. The second kappa shape index (κ2) is 9.37. The molecule has 2 aliphatic rings. The number of aromatic nitrogens is 3. The maximum absolute atomic E-state index is 5.97. The largest absolute Gasteiger partial charge is 1.00 e. The molecule has 1 aliphatic heterocycles. The first-order chi connectivity index (χ1) is 13.8. The van der Waals surface area contributed by atoms with Gasteiger partial charge in [-0.25, -0.2) is 0 Å². The first-order valence-electron chi connectivity index (χ1n) is 9.66. The monoisotopic (exact) mass is 419 g/mol. The van der Waals surface area contributed by atoms with Crippen LogP contribution >= 0.6 is 11.8 Å². The zero-order valence-electron chi connectivity index (χ0n) is 16.5. The molecule has 6 nitrogen and oxygen atoms in total. The first-order valence-corrected chi connectivity index (χ1v) is 10.6. The van der Waals surface area contributed by atoms with Crippen molar-refractivity contribution in [2.24, 2.45) is 5.92 Å². The second-order valence-electron chi connectivity index (χ2n) is 7.33. The minimum absolute atomic E-state index is 0. The molecule has 5 rings (SSSR count). The predicted octanol–water partition coefficient (Wildman–Crippen LogP) is 0.805. The molecule has 2 fully saturated rings. The van der Waals surface area contributed by atoms with Gasteiger partial charge >= 0.3 is 29.6 Å². The Bertz CT molecular complexity index is 920. The van der Waals surface area contributed by atoms with Crippen LogP contribution in [0, 0.1) is 5.92 Å². The smallest absolute Gasteiger partial charge is 0.493 e. The van der Waals surface area contributed by atoms with Crippen LogP contribution in [0.1, 0.15) is 25.0 Å². The third-order valence-electron chi connectivity index (χ3n) is 5.22. The average molecular weight is 419 g/mol. The van der Waals surface area contributed by atoms with Crippen molar-refractivity contribution in [2.45, 2.75) is 36.0 Å². The van der Waals surface area contributed by atoms with Crippen molar-refractivity contribution in [1.29, 1.82) is 0 Å². The number of benzene rings is 1. The molecule has 1 saturated carbocycles. The molecule has 1 aliphatic carbocycles. The normalized spacial score (nSPS) is 18.3. The molecule has 3 aromatic rings. The molecule has 29 heavy (non-hydrogen) atoms. The van der Waals surface area contributed by atoms with Crippen LogP contribution < -0.4 is 39.3 Å². The molecule has 1 spiro atoms. The van der Waals surface area contributed by atoms with Gasteiger partial charge in [-0.05, 0) is 28.7 Å². The molecular formula is C21H22N3NaO3S. The van der Waals surface area contributed by atoms with Crippen molar-refractivity contribution >= 4 is 22.8 Å². The maximum atomic E-state index is 5.97. The average Bonchev–Trinajstić information content (AvgIpc) is 3.13. The van der Waals surface area contributed by atoms with Crippen LogP contribution in [0.3, 0.4) is 0 Å². The fraction of sp³-hybridized carbons (Fsp3) is 0.429. The van der Waals surface area contributed by atoms with E-state index >= 15 is 0 Å². The summed E-state index contributed by atoms with van der Waals surface area (Å²) in [6.45, 7) is 2.00. The zero-order valence-corrected chi connectivity index (χ0v) is 19.4. The maximum Gasteiger partial charge on any atom is 1.00 e. The van der Waals surface area contributed by atoms with Crippen molar-refractivity contribution in [3.63, 3.8) is 0 Å². The summed E-state index contributed by atoms with van der Waals surface area (Å²) in [5.41, 5.74) is 2.80. The summed E-state index contributed by atoms with van der Waals surface area (Å²) in [5.74, 6) is 1.52. The standard InChI is InChI=1S/C21H22N3O3S.Na/c1-2-5-19-18(4-1)23-20(24-19)28-14-16-10-17(6-9-22-16)25-11-15-12-26-21(27-13-15)7-3-8-21;/h1-2,4-6,9-10,15H,3,7-8,11-14H2;/q-1;+1. The van der Waals surface area contributed by atoms with Crippen molar-refractivity contribution in [2.75, 3.05) is 19.8 Å². The van der Waals surface area contributed by atoms with Gasteiger partial charge in [-0.1, -0.05) is 24.3 Å². The van der Waals surface area contributed by atoms with Crippen molar-refractivity contribution in [3.8, 4) is 5.75 Å². The van der Waals surface area contributed by atoms with Gasteiger partial charge in [-0.15, -0.1) is 11.8 Å². The predicted molar refractivity (Wildman–Crippen MR) is 106 cm³/mol. The minimum Gasteiger partial charge on any atom is -0.493 e. The van der Waals surface area contributed by atoms with Gasteiger partial charge in [0, 0.05) is 36.8 Å². The summed E-state index contributed by atoms with van der Waals surface area (Å²) >= 11 is 1.58. The van der Waals surface area contributed by atoms with Crippen molar-refractivity contribution < 1.29 is 43.8 Å². The molecule has 8 heteroatoms. The molecule has 0 unspecified atom stereocenters. The zero-order chi connectivity index (χ0) is 18.8. The van der Waals surface area contributed by atoms with E-state index in [-0.39, 0.29) is 41.3 Å². The molecule has 0 N–H and O–H groups in total. The van der Waals surface area contributed by atoms with Gasteiger partial charge in [0.25, 0.3) is 0 Å². The summed E-state index contributed by atoms with van der Waals surface area (Å²) in [5, 5.41) is 0.774. The van der Waals surface area contributed by atoms with E-state index in [1.807, 2.05) is 36.4 Å². The summed E-state index contributed by atoms with van der Waals surface area (Å²) in [7, 11) is 0. The Hall–Kier alpha value is -1.09. The van der Waals surface area contributed by atoms with Gasteiger partial charge < -0.3 is 24.2 Å². The summed E-state index contributed by atoms with van der Waals surface area (Å²) in [4.78, 5) is 13.5. The van der Waals surface area contributed by atoms with E-state index in [1.165, 1.54) is 6.42 Å². The molecule has 1 saturated heterocycles. The number of rotatable bonds is 6. The van der Waals surface area contributed by atoms with Crippen molar-refractivity contribution in [3.05, 3.63) is 48.3 Å².